The lowest BCUT2D eigenvalue weighted by Gasteiger charge is -2.33. The van der Waals surface area contributed by atoms with E-state index < -0.39 is 0 Å². The van der Waals surface area contributed by atoms with Crippen LogP contribution in [0.15, 0.2) is 12.4 Å². The third-order valence-electron chi connectivity index (χ3n) is 4.33. The summed E-state index contributed by atoms with van der Waals surface area (Å²) in [5.74, 6) is 0.375. The zero-order valence-corrected chi connectivity index (χ0v) is 11.9. The Hall–Kier alpha value is -1.45. The highest BCUT2D eigenvalue weighted by Gasteiger charge is 2.39. The molecule has 0 N–H and O–H groups in total. The Morgan fingerprint density at radius 1 is 1.58 bits per heavy atom. The normalized spacial score (nSPS) is 25.3. The molecule has 4 heteroatoms. The van der Waals surface area contributed by atoms with Crippen LogP contribution in [0.1, 0.15) is 49.9 Å². The number of Topliss-reactive ketones (excluding diaryl/α,β-unsaturated/α-hetero) is 2. The lowest BCUT2D eigenvalue weighted by Crippen LogP contribution is -2.37. The largest absolute Gasteiger partial charge is 0.299 e. The highest BCUT2D eigenvalue weighted by Crippen LogP contribution is 2.36. The molecule has 1 unspecified atom stereocenters. The van der Waals surface area contributed by atoms with Crippen LogP contribution < -0.4 is 0 Å². The van der Waals surface area contributed by atoms with Crippen molar-refractivity contribution in [2.75, 3.05) is 0 Å². The monoisotopic (exact) mass is 262 g/mol. The molecular formula is C15H22N2O2. The standard InChI is InChI=1S/C15H22N2O2/c1-4-10(2)14-12(6-5-7-13(14)18)15(19)11-8-16-17(3)9-11/h8-10,12,14H,4-7H2,1-3H3/t10-,12?,14-/m0/s1. The summed E-state index contributed by atoms with van der Waals surface area (Å²) < 4.78 is 1.64. The fraction of sp³-hybridized carbons (Fsp3) is 0.667. The lowest BCUT2D eigenvalue weighted by atomic mass is 9.69. The van der Waals surface area contributed by atoms with Crippen LogP contribution in [-0.2, 0) is 11.8 Å². The van der Waals surface area contributed by atoms with Gasteiger partial charge in [0.15, 0.2) is 5.78 Å². The Morgan fingerprint density at radius 3 is 2.89 bits per heavy atom. The summed E-state index contributed by atoms with van der Waals surface area (Å²) in [4.78, 5) is 24.8. The maximum absolute atomic E-state index is 12.6. The predicted molar refractivity (Wildman–Crippen MR) is 72.8 cm³/mol. The van der Waals surface area contributed by atoms with E-state index in [1.165, 1.54) is 0 Å². The van der Waals surface area contributed by atoms with Crippen molar-refractivity contribution in [3.63, 3.8) is 0 Å². The minimum absolute atomic E-state index is 0.0893. The number of aryl methyl sites for hydroxylation is 1. The van der Waals surface area contributed by atoms with E-state index in [9.17, 15) is 9.59 Å². The molecule has 1 aromatic heterocycles. The van der Waals surface area contributed by atoms with E-state index in [0.717, 1.165) is 19.3 Å². The molecule has 4 nitrogen and oxygen atoms in total. The van der Waals surface area contributed by atoms with Gasteiger partial charge in [0.2, 0.25) is 0 Å². The summed E-state index contributed by atoms with van der Waals surface area (Å²) in [6, 6.07) is 0. The van der Waals surface area contributed by atoms with Crippen LogP contribution in [0.3, 0.4) is 0 Å². The summed E-state index contributed by atoms with van der Waals surface area (Å²) in [7, 11) is 1.80. The van der Waals surface area contributed by atoms with E-state index in [0.29, 0.717) is 12.0 Å². The van der Waals surface area contributed by atoms with Gasteiger partial charge in [0, 0.05) is 31.5 Å². The second-order valence-electron chi connectivity index (χ2n) is 5.64. The molecule has 0 spiro atoms. The van der Waals surface area contributed by atoms with Crippen molar-refractivity contribution >= 4 is 11.6 Å². The van der Waals surface area contributed by atoms with Gasteiger partial charge >= 0.3 is 0 Å². The van der Waals surface area contributed by atoms with E-state index in [1.54, 1.807) is 24.1 Å². The first-order valence-corrected chi connectivity index (χ1v) is 7.10. The molecule has 1 saturated carbocycles. The SMILES string of the molecule is CC[C@H](C)[C@@H]1C(=O)CCCC1C(=O)c1cnn(C)c1. The lowest BCUT2D eigenvalue weighted by molar-refractivity contribution is -0.127. The Bertz CT molecular complexity index is 478. The van der Waals surface area contributed by atoms with Crippen LogP contribution in [0.5, 0.6) is 0 Å². The average molecular weight is 262 g/mol. The Morgan fingerprint density at radius 2 is 2.32 bits per heavy atom. The zero-order valence-electron chi connectivity index (χ0n) is 11.9. The molecular weight excluding hydrogens is 240 g/mol. The molecule has 0 aliphatic heterocycles. The fourth-order valence-electron chi connectivity index (χ4n) is 3.09. The number of hydrogen-bond donors (Lipinski definition) is 0. The van der Waals surface area contributed by atoms with E-state index in [1.807, 2.05) is 0 Å². The summed E-state index contributed by atoms with van der Waals surface area (Å²) in [5.41, 5.74) is 0.635. The van der Waals surface area contributed by atoms with Crippen LogP contribution in [0.25, 0.3) is 0 Å². The molecule has 0 radical (unpaired) electrons. The molecule has 3 atom stereocenters. The molecule has 1 aliphatic carbocycles. The van der Waals surface area contributed by atoms with Crippen LogP contribution in [0.2, 0.25) is 0 Å². The van der Waals surface area contributed by atoms with Crippen LogP contribution >= 0.6 is 0 Å². The third kappa shape index (κ3) is 2.77. The molecule has 1 fully saturated rings. The van der Waals surface area contributed by atoms with Crippen molar-refractivity contribution in [1.82, 2.24) is 9.78 Å². The number of carbonyl (C=O) groups excluding carboxylic acids is 2. The van der Waals surface area contributed by atoms with Gasteiger partial charge < -0.3 is 0 Å². The molecule has 0 amide bonds. The number of nitrogens with zero attached hydrogens (tertiary/aromatic N) is 2. The predicted octanol–water partition coefficient (Wildman–Crippen LogP) is 2.63. The van der Waals surface area contributed by atoms with Crippen molar-refractivity contribution < 1.29 is 9.59 Å². The van der Waals surface area contributed by atoms with Gasteiger partial charge in [-0.1, -0.05) is 20.3 Å². The first kappa shape index (κ1) is 14.0. The van der Waals surface area contributed by atoms with Gasteiger partial charge in [0.1, 0.15) is 5.78 Å². The molecule has 0 bridgehead atoms. The van der Waals surface area contributed by atoms with E-state index in [4.69, 9.17) is 0 Å². The highest BCUT2D eigenvalue weighted by atomic mass is 16.1. The number of aromatic nitrogens is 2. The number of hydrogen-bond acceptors (Lipinski definition) is 3. The summed E-state index contributed by atoms with van der Waals surface area (Å²) in [6.07, 6.45) is 6.58. The minimum Gasteiger partial charge on any atom is -0.299 e. The maximum Gasteiger partial charge on any atom is 0.169 e. The summed E-state index contributed by atoms with van der Waals surface area (Å²) in [6.45, 7) is 4.16. The van der Waals surface area contributed by atoms with Gasteiger partial charge in [-0.25, -0.2) is 0 Å². The highest BCUT2D eigenvalue weighted by molar-refractivity contribution is 6.01. The second-order valence-corrected chi connectivity index (χ2v) is 5.64. The van der Waals surface area contributed by atoms with E-state index in [-0.39, 0.29) is 29.3 Å². The summed E-state index contributed by atoms with van der Waals surface area (Å²) >= 11 is 0. The van der Waals surface area contributed by atoms with Crippen molar-refractivity contribution in [1.29, 1.82) is 0 Å². The topological polar surface area (TPSA) is 52.0 Å². The number of rotatable bonds is 4. The smallest absolute Gasteiger partial charge is 0.169 e. The van der Waals surface area contributed by atoms with Gasteiger partial charge in [-0.15, -0.1) is 0 Å². The second kappa shape index (κ2) is 5.68. The van der Waals surface area contributed by atoms with E-state index in [2.05, 4.69) is 18.9 Å². The molecule has 2 rings (SSSR count). The molecule has 104 valence electrons. The van der Waals surface area contributed by atoms with Crippen LogP contribution in [0, 0.1) is 17.8 Å². The Kier molecular flexibility index (Phi) is 4.17. The fourth-order valence-corrected chi connectivity index (χ4v) is 3.09. The van der Waals surface area contributed by atoms with Gasteiger partial charge in [0.05, 0.1) is 11.8 Å². The number of ketones is 2. The molecule has 1 heterocycles. The Balaban J connectivity index is 2.24. The number of carbonyl (C=O) groups is 2. The van der Waals surface area contributed by atoms with Crippen molar-refractivity contribution in [3.05, 3.63) is 18.0 Å². The van der Waals surface area contributed by atoms with Crippen molar-refractivity contribution in [2.45, 2.75) is 39.5 Å². The third-order valence-corrected chi connectivity index (χ3v) is 4.33. The van der Waals surface area contributed by atoms with Crippen molar-refractivity contribution in [3.8, 4) is 0 Å². The summed E-state index contributed by atoms with van der Waals surface area (Å²) in [5, 5.41) is 4.05. The van der Waals surface area contributed by atoms with Gasteiger partial charge in [-0.05, 0) is 18.8 Å². The zero-order chi connectivity index (χ0) is 14.0. The Labute approximate surface area is 114 Å². The van der Waals surface area contributed by atoms with Crippen LogP contribution in [0.4, 0.5) is 0 Å². The van der Waals surface area contributed by atoms with Gasteiger partial charge in [-0.3, -0.25) is 14.3 Å². The van der Waals surface area contributed by atoms with Crippen molar-refractivity contribution in [2.24, 2.45) is 24.8 Å². The van der Waals surface area contributed by atoms with Gasteiger partial charge in [-0.2, -0.15) is 5.10 Å². The molecule has 19 heavy (non-hydrogen) atoms. The average Bonchev–Trinajstić information content (AvgIpc) is 2.83. The molecule has 0 saturated heterocycles. The molecule has 1 aromatic rings. The quantitative estimate of drug-likeness (QED) is 0.784. The van der Waals surface area contributed by atoms with E-state index >= 15 is 0 Å². The van der Waals surface area contributed by atoms with Gasteiger partial charge in [0.25, 0.3) is 0 Å². The van der Waals surface area contributed by atoms with Crippen LogP contribution in [-0.4, -0.2) is 21.3 Å². The molecule has 0 aromatic carbocycles. The first-order chi connectivity index (χ1) is 9.04. The maximum atomic E-state index is 12.6. The first-order valence-electron chi connectivity index (χ1n) is 7.10. The minimum atomic E-state index is -0.152. The molecule has 1 aliphatic rings.